The number of anilines is 1. The first-order valence-electron chi connectivity index (χ1n) is 4.34. The molecule has 0 aliphatic rings. The van der Waals surface area contributed by atoms with E-state index in [9.17, 15) is 0 Å². The summed E-state index contributed by atoms with van der Waals surface area (Å²) in [5, 5.41) is 7.34. The molecule has 0 spiro atoms. The molecule has 1 aromatic heterocycles. The van der Waals surface area contributed by atoms with Gasteiger partial charge in [-0.3, -0.25) is 4.68 Å². The maximum atomic E-state index is 4.24. The molecule has 1 aromatic rings. The van der Waals surface area contributed by atoms with E-state index in [2.05, 4.69) is 10.4 Å². The maximum absolute atomic E-state index is 4.24. The Hall–Kier alpha value is -0.990. The van der Waals surface area contributed by atoms with Crippen molar-refractivity contribution in [3.05, 3.63) is 11.4 Å². The van der Waals surface area contributed by atoms with Crippen molar-refractivity contribution < 1.29 is 0 Å². The van der Waals surface area contributed by atoms with Crippen LogP contribution in [0, 0.1) is 13.8 Å². The number of hydrogen-bond donors (Lipinski definition) is 1. The van der Waals surface area contributed by atoms with Crippen LogP contribution in [-0.2, 0) is 7.05 Å². The highest BCUT2D eigenvalue weighted by Gasteiger charge is 2.05. The zero-order chi connectivity index (χ0) is 9.72. The molecule has 1 rings (SSSR count). The van der Waals surface area contributed by atoms with Crippen molar-refractivity contribution in [2.45, 2.75) is 27.7 Å². The Morgan fingerprint density at radius 2 is 1.75 bits per heavy atom. The van der Waals surface area contributed by atoms with Gasteiger partial charge in [0, 0.05) is 14.1 Å². The second-order valence-corrected chi connectivity index (χ2v) is 2.42. The van der Waals surface area contributed by atoms with Crippen LogP contribution in [0.5, 0.6) is 0 Å². The zero-order valence-corrected chi connectivity index (χ0v) is 8.89. The number of aryl methyl sites for hydroxylation is 2. The van der Waals surface area contributed by atoms with Crippen LogP contribution in [0.25, 0.3) is 0 Å². The Labute approximate surface area is 74.8 Å². The molecule has 1 heterocycles. The average molecular weight is 169 g/mol. The predicted molar refractivity (Wildman–Crippen MR) is 53.6 cm³/mol. The summed E-state index contributed by atoms with van der Waals surface area (Å²) < 4.78 is 1.88. The van der Waals surface area contributed by atoms with Gasteiger partial charge in [0.1, 0.15) is 0 Å². The van der Waals surface area contributed by atoms with Crippen LogP contribution in [-0.4, -0.2) is 16.8 Å². The first kappa shape index (κ1) is 11.0. The van der Waals surface area contributed by atoms with Gasteiger partial charge in [-0.2, -0.15) is 5.10 Å². The Kier molecular flexibility index (Phi) is 4.40. The van der Waals surface area contributed by atoms with Crippen molar-refractivity contribution in [3.63, 3.8) is 0 Å². The summed E-state index contributed by atoms with van der Waals surface area (Å²) in [6, 6.07) is 0. The van der Waals surface area contributed by atoms with Crippen LogP contribution in [0.2, 0.25) is 0 Å². The highest BCUT2D eigenvalue weighted by atomic mass is 15.3. The van der Waals surface area contributed by atoms with E-state index in [0.717, 1.165) is 11.4 Å². The van der Waals surface area contributed by atoms with Crippen molar-refractivity contribution in [2.75, 3.05) is 12.4 Å². The lowest BCUT2D eigenvalue weighted by Crippen LogP contribution is -1.94. The van der Waals surface area contributed by atoms with Crippen LogP contribution in [0.1, 0.15) is 25.2 Å². The van der Waals surface area contributed by atoms with E-state index in [4.69, 9.17) is 0 Å². The minimum Gasteiger partial charge on any atom is -0.385 e. The maximum Gasteiger partial charge on any atom is 0.0827 e. The molecular weight excluding hydrogens is 150 g/mol. The molecular formula is C9H19N3. The third-order valence-electron chi connectivity index (χ3n) is 1.76. The summed E-state index contributed by atoms with van der Waals surface area (Å²) in [7, 11) is 3.86. The number of nitrogens with zero attached hydrogens (tertiary/aromatic N) is 2. The summed E-state index contributed by atoms with van der Waals surface area (Å²) in [6.45, 7) is 8.05. The van der Waals surface area contributed by atoms with Gasteiger partial charge in [0.05, 0.1) is 17.1 Å². The zero-order valence-electron chi connectivity index (χ0n) is 8.89. The topological polar surface area (TPSA) is 29.9 Å². The van der Waals surface area contributed by atoms with E-state index in [1.807, 2.05) is 46.5 Å². The standard InChI is InChI=1S/C7H13N3.C2H6/c1-5-7(8-3)6(2)10(4)9-5;1-2/h8H,1-4H3;1-2H3. The second kappa shape index (κ2) is 4.80. The Bertz CT molecular complexity index is 238. The van der Waals surface area contributed by atoms with Crippen molar-refractivity contribution in [2.24, 2.45) is 7.05 Å². The van der Waals surface area contributed by atoms with E-state index < -0.39 is 0 Å². The fraction of sp³-hybridized carbons (Fsp3) is 0.667. The highest BCUT2D eigenvalue weighted by Crippen LogP contribution is 2.16. The SMILES string of the molecule is CC.CNc1c(C)nn(C)c1C. The van der Waals surface area contributed by atoms with Crippen LogP contribution in [0.4, 0.5) is 5.69 Å². The van der Waals surface area contributed by atoms with Gasteiger partial charge >= 0.3 is 0 Å². The third-order valence-corrected chi connectivity index (χ3v) is 1.76. The van der Waals surface area contributed by atoms with Gasteiger partial charge < -0.3 is 5.32 Å². The van der Waals surface area contributed by atoms with Crippen LogP contribution < -0.4 is 5.32 Å². The van der Waals surface area contributed by atoms with E-state index in [1.54, 1.807) is 0 Å². The fourth-order valence-corrected chi connectivity index (χ4v) is 1.14. The molecule has 12 heavy (non-hydrogen) atoms. The molecule has 0 radical (unpaired) electrons. The molecule has 0 bridgehead atoms. The van der Waals surface area contributed by atoms with Crippen LogP contribution >= 0.6 is 0 Å². The van der Waals surface area contributed by atoms with Gasteiger partial charge in [-0.1, -0.05) is 13.8 Å². The van der Waals surface area contributed by atoms with E-state index in [0.29, 0.717) is 0 Å². The fourth-order valence-electron chi connectivity index (χ4n) is 1.14. The second-order valence-electron chi connectivity index (χ2n) is 2.42. The Morgan fingerprint density at radius 1 is 1.25 bits per heavy atom. The van der Waals surface area contributed by atoms with E-state index in [1.165, 1.54) is 5.69 Å². The molecule has 0 aliphatic carbocycles. The van der Waals surface area contributed by atoms with E-state index in [-0.39, 0.29) is 0 Å². The van der Waals surface area contributed by atoms with Crippen LogP contribution in [0.3, 0.4) is 0 Å². The Morgan fingerprint density at radius 3 is 1.92 bits per heavy atom. The number of rotatable bonds is 1. The van der Waals surface area contributed by atoms with Gasteiger partial charge in [0.15, 0.2) is 0 Å². The average Bonchev–Trinajstić information content (AvgIpc) is 2.31. The highest BCUT2D eigenvalue weighted by molar-refractivity contribution is 5.51. The van der Waals surface area contributed by atoms with Gasteiger partial charge in [-0.15, -0.1) is 0 Å². The normalized spacial score (nSPS) is 8.83. The molecule has 0 aliphatic heterocycles. The van der Waals surface area contributed by atoms with Crippen molar-refractivity contribution >= 4 is 5.69 Å². The molecule has 3 heteroatoms. The molecule has 0 aromatic carbocycles. The first-order chi connectivity index (χ1) is 5.66. The lowest BCUT2D eigenvalue weighted by Gasteiger charge is -1.97. The molecule has 0 saturated heterocycles. The quantitative estimate of drug-likeness (QED) is 0.697. The molecule has 0 amide bonds. The molecule has 0 saturated carbocycles. The third kappa shape index (κ3) is 2.00. The van der Waals surface area contributed by atoms with Gasteiger partial charge in [-0.05, 0) is 13.8 Å². The molecule has 1 N–H and O–H groups in total. The lowest BCUT2D eigenvalue weighted by atomic mass is 10.3. The van der Waals surface area contributed by atoms with E-state index >= 15 is 0 Å². The molecule has 3 nitrogen and oxygen atoms in total. The monoisotopic (exact) mass is 169 g/mol. The number of nitrogens with one attached hydrogen (secondary N) is 1. The number of aromatic nitrogens is 2. The Balaban J connectivity index is 0.000000561. The predicted octanol–water partition coefficient (Wildman–Crippen LogP) is 2.10. The summed E-state index contributed by atoms with van der Waals surface area (Å²) in [5.74, 6) is 0. The van der Waals surface area contributed by atoms with Crippen molar-refractivity contribution in [1.29, 1.82) is 0 Å². The summed E-state index contributed by atoms with van der Waals surface area (Å²) in [5.41, 5.74) is 3.38. The van der Waals surface area contributed by atoms with Crippen molar-refractivity contribution in [1.82, 2.24) is 9.78 Å². The number of hydrogen-bond acceptors (Lipinski definition) is 2. The molecule has 0 fully saturated rings. The minimum atomic E-state index is 1.06. The molecule has 0 unspecified atom stereocenters. The van der Waals surface area contributed by atoms with Gasteiger partial charge in [0.2, 0.25) is 0 Å². The first-order valence-corrected chi connectivity index (χ1v) is 4.34. The summed E-state index contributed by atoms with van der Waals surface area (Å²) in [4.78, 5) is 0. The van der Waals surface area contributed by atoms with Crippen LogP contribution in [0.15, 0.2) is 0 Å². The molecule has 0 atom stereocenters. The largest absolute Gasteiger partial charge is 0.385 e. The van der Waals surface area contributed by atoms with Gasteiger partial charge in [-0.25, -0.2) is 0 Å². The molecule has 70 valence electrons. The smallest absolute Gasteiger partial charge is 0.0827 e. The summed E-state index contributed by atoms with van der Waals surface area (Å²) in [6.07, 6.45) is 0. The minimum absolute atomic E-state index is 1.06. The lowest BCUT2D eigenvalue weighted by molar-refractivity contribution is 0.731. The van der Waals surface area contributed by atoms with Crippen molar-refractivity contribution in [3.8, 4) is 0 Å². The summed E-state index contributed by atoms with van der Waals surface area (Å²) >= 11 is 0. The van der Waals surface area contributed by atoms with Gasteiger partial charge in [0.25, 0.3) is 0 Å².